The number of ketones is 1. The van der Waals surface area contributed by atoms with Crippen LogP contribution in [0.15, 0.2) is 0 Å². The molecule has 1 saturated heterocycles. The van der Waals surface area contributed by atoms with Crippen LogP contribution in [0, 0.1) is 5.92 Å². The van der Waals surface area contributed by atoms with E-state index in [1.54, 1.807) is 0 Å². The van der Waals surface area contributed by atoms with Gasteiger partial charge in [-0.2, -0.15) is 13.2 Å². The first-order valence-electron chi connectivity index (χ1n) is 5.91. The van der Waals surface area contributed by atoms with E-state index in [4.69, 9.17) is 10.2 Å². The molecule has 7 nitrogen and oxygen atoms in total. The van der Waals surface area contributed by atoms with Gasteiger partial charge in [-0.25, -0.2) is 9.59 Å². The highest BCUT2D eigenvalue weighted by molar-refractivity contribution is 6.34. The fraction of sp³-hybridized carbons (Fsp3) is 0.636. The fourth-order valence-corrected chi connectivity index (χ4v) is 2.12. The van der Waals surface area contributed by atoms with E-state index in [1.807, 2.05) is 0 Å². The average molecular weight is 311 g/mol. The Balaban J connectivity index is 2.89. The molecule has 1 heterocycles. The number of hydrogen-bond acceptors (Lipinski definition) is 4. The smallest absolute Gasteiger partial charge is 0.399 e. The first kappa shape index (κ1) is 16.9. The van der Waals surface area contributed by atoms with Gasteiger partial charge in [-0.3, -0.25) is 9.59 Å². The fourth-order valence-electron chi connectivity index (χ4n) is 2.12. The molecular formula is C11H12F3NO6. The van der Waals surface area contributed by atoms with Crippen molar-refractivity contribution in [3.05, 3.63) is 0 Å². The summed E-state index contributed by atoms with van der Waals surface area (Å²) in [5.74, 6) is -9.95. The molecule has 0 aromatic rings. The van der Waals surface area contributed by atoms with Crippen molar-refractivity contribution < 1.29 is 42.6 Å². The largest absolute Gasteiger partial charge is 0.480 e. The van der Waals surface area contributed by atoms with Crippen LogP contribution >= 0.6 is 0 Å². The molecule has 1 aliphatic rings. The highest BCUT2D eigenvalue weighted by Gasteiger charge is 2.49. The van der Waals surface area contributed by atoms with Crippen LogP contribution in [-0.4, -0.2) is 57.5 Å². The van der Waals surface area contributed by atoms with Crippen LogP contribution in [0.3, 0.4) is 0 Å². The molecule has 118 valence electrons. The summed E-state index contributed by atoms with van der Waals surface area (Å²) in [6.07, 6.45) is -6.18. The molecule has 1 amide bonds. The first-order valence-corrected chi connectivity index (χ1v) is 5.91. The Labute approximate surface area is 116 Å². The van der Waals surface area contributed by atoms with E-state index in [-0.39, 0.29) is 13.0 Å². The number of hydrogen-bond donors (Lipinski definition) is 2. The first-order chi connectivity index (χ1) is 9.55. The molecule has 0 aliphatic carbocycles. The number of carbonyl (C=O) groups is 4. The normalized spacial score (nSPS) is 20.1. The Kier molecular flexibility index (Phi) is 4.92. The molecule has 0 aromatic carbocycles. The molecule has 21 heavy (non-hydrogen) atoms. The van der Waals surface area contributed by atoms with Crippen LogP contribution in [0.4, 0.5) is 13.2 Å². The van der Waals surface area contributed by atoms with Gasteiger partial charge in [0.2, 0.25) is 5.91 Å². The van der Waals surface area contributed by atoms with Gasteiger partial charge in [0, 0.05) is 13.0 Å². The third kappa shape index (κ3) is 3.92. The number of amides is 1. The molecule has 0 saturated carbocycles. The summed E-state index contributed by atoms with van der Waals surface area (Å²) in [6, 6.07) is -1.24. The lowest BCUT2D eigenvalue weighted by molar-refractivity contribution is -0.190. The van der Waals surface area contributed by atoms with Gasteiger partial charge in [0.25, 0.3) is 5.78 Å². The monoisotopic (exact) mass is 311 g/mol. The number of aliphatic carboxylic acids is 2. The van der Waals surface area contributed by atoms with Gasteiger partial charge in [0.1, 0.15) is 12.0 Å². The summed E-state index contributed by atoms with van der Waals surface area (Å²) in [5, 5.41) is 17.2. The van der Waals surface area contributed by atoms with E-state index in [9.17, 15) is 32.3 Å². The number of carboxylic acids is 2. The van der Waals surface area contributed by atoms with Crippen LogP contribution in [0.5, 0.6) is 0 Å². The van der Waals surface area contributed by atoms with Crippen molar-refractivity contribution in [1.29, 1.82) is 0 Å². The van der Waals surface area contributed by atoms with Crippen LogP contribution in [0.25, 0.3) is 0 Å². The second-order valence-corrected chi connectivity index (χ2v) is 4.55. The lowest BCUT2D eigenvalue weighted by Crippen LogP contribution is -2.44. The number of alkyl halides is 3. The molecule has 2 atom stereocenters. The topological polar surface area (TPSA) is 112 Å². The lowest BCUT2D eigenvalue weighted by atomic mass is 9.98. The zero-order chi connectivity index (χ0) is 16.4. The van der Waals surface area contributed by atoms with E-state index >= 15 is 0 Å². The highest BCUT2D eigenvalue weighted by Crippen LogP contribution is 2.31. The minimum atomic E-state index is -5.19. The molecule has 1 unspecified atom stereocenters. The number of rotatable bonds is 5. The molecule has 0 radical (unpaired) electrons. The summed E-state index contributed by atoms with van der Waals surface area (Å²) in [6.45, 7) is -0.0400. The molecule has 1 fully saturated rings. The zero-order valence-corrected chi connectivity index (χ0v) is 10.6. The number of likely N-dealkylation sites (tertiary alicyclic amines) is 1. The van der Waals surface area contributed by atoms with Crippen molar-refractivity contribution >= 4 is 23.6 Å². The van der Waals surface area contributed by atoms with Gasteiger partial charge in [-0.15, -0.1) is 0 Å². The van der Waals surface area contributed by atoms with Crippen LogP contribution in [-0.2, 0) is 19.2 Å². The summed E-state index contributed by atoms with van der Waals surface area (Å²) in [7, 11) is 0. The quantitative estimate of drug-likeness (QED) is 0.706. The number of Topliss-reactive ketones (excluding diaryl/α,β-unsaturated/α-hetero) is 1. The Morgan fingerprint density at radius 1 is 1.19 bits per heavy atom. The van der Waals surface area contributed by atoms with Crippen molar-refractivity contribution in [2.75, 3.05) is 6.54 Å². The van der Waals surface area contributed by atoms with E-state index in [0.29, 0.717) is 6.42 Å². The molecule has 0 aromatic heterocycles. The van der Waals surface area contributed by atoms with E-state index in [0.717, 1.165) is 4.90 Å². The Morgan fingerprint density at radius 2 is 1.76 bits per heavy atom. The third-order valence-electron chi connectivity index (χ3n) is 3.16. The van der Waals surface area contributed by atoms with Crippen molar-refractivity contribution in [1.82, 2.24) is 4.90 Å². The molecule has 0 bridgehead atoms. The number of carbonyl (C=O) groups excluding carboxylic acids is 2. The van der Waals surface area contributed by atoms with Crippen molar-refractivity contribution in [3.63, 3.8) is 0 Å². The molecule has 2 N–H and O–H groups in total. The lowest BCUT2D eigenvalue weighted by Gasteiger charge is -2.24. The Hall–Kier alpha value is -2.13. The Morgan fingerprint density at radius 3 is 2.19 bits per heavy atom. The third-order valence-corrected chi connectivity index (χ3v) is 3.16. The summed E-state index contributed by atoms with van der Waals surface area (Å²) in [4.78, 5) is 44.8. The minimum absolute atomic E-state index is 0.0400. The molecular weight excluding hydrogens is 299 g/mol. The van der Waals surface area contributed by atoms with Gasteiger partial charge >= 0.3 is 18.1 Å². The molecule has 1 rings (SSSR count). The van der Waals surface area contributed by atoms with Crippen molar-refractivity contribution in [2.24, 2.45) is 5.92 Å². The number of halogens is 3. The van der Waals surface area contributed by atoms with Gasteiger partial charge in [0.15, 0.2) is 0 Å². The second kappa shape index (κ2) is 6.10. The van der Waals surface area contributed by atoms with E-state index < -0.39 is 48.2 Å². The van der Waals surface area contributed by atoms with Gasteiger partial charge in [-0.05, 0) is 12.8 Å². The maximum Gasteiger partial charge on any atom is 0.399 e. The zero-order valence-electron chi connectivity index (χ0n) is 10.6. The highest BCUT2D eigenvalue weighted by atomic mass is 19.4. The predicted molar refractivity (Wildman–Crippen MR) is 59.2 cm³/mol. The van der Waals surface area contributed by atoms with Crippen molar-refractivity contribution in [3.8, 4) is 0 Å². The maximum atomic E-state index is 12.7. The molecule has 10 heteroatoms. The SMILES string of the molecule is O=C(O)C(=O)C(CC(=O)N1CCC[C@H]1C(=O)O)C(F)(F)F. The summed E-state index contributed by atoms with van der Waals surface area (Å²) >= 11 is 0. The predicted octanol–water partition coefficient (Wildman–Crippen LogP) is 0.284. The van der Waals surface area contributed by atoms with Gasteiger partial charge < -0.3 is 15.1 Å². The van der Waals surface area contributed by atoms with Gasteiger partial charge in [-0.1, -0.05) is 0 Å². The Bertz CT molecular complexity index is 475. The van der Waals surface area contributed by atoms with Gasteiger partial charge in [0.05, 0.1) is 0 Å². The van der Waals surface area contributed by atoms with E-state index in [1.165, 1.54) is 0 Å². The number of carboxylic acid groups (broad SMARTS) is 2. The number of nitrogens with zero attached hydrogens (tertiary/aromatic N) is 1. The standard InChI is InChI=1S/C11H12F3NO6/c12-11(13,14)5(8(17)10(20)21)4-7(16)15-3-1-2-6(15)9(18)19/h5-6H,1-4H2,(H,18,19)(H,20,21)/t5?,6-/m0/s1. The van der Waals surface area contributed by atoms with Crippen LogP contribution in [0.2, 0.25) is 0 Å². The molecule has 0 spiro atoms. The molecule has 1 aliphatic heterocycles. The maximum absolute atomic E-state index is 12.7. The second-order valence-electron chi connectivity index (χ2n) is 4.55. The summed E-state index contributed by atoms with van der Waals surface area (Å²) < 4.78 is 38.0. The summed E-state index contributed by atoms with van der Waals surface area (Å²) in [5.41, 5.74) is 0. The van der Waals surface area contributed by atoms with Crippen LogP contribution < -0.4 is 0 Å². The van der Waals surface area contributed by atoms with E-state index in [2.05, 4.69) is 0 Å². The average Bonchev–Trinajstić information content (AvgIpc) is 2.82. The van der Waals surface area contributed by atoms with Crippen molar-refractivity contribution in [2.45, 2.75) is 31.5 Å². The van der Waals surface area contributed by atoms with Crippen LogP contribution in [0.1, 0.15) is 19.3 Å². The minimum Gasteiger partial charge on any atom is -0.480 e.